The summed E-state index contributed by atoms with van der Waals surface area (Å²) < 4.78 is 0. The van der Waals surface area contributed by atoms with Gasteiger partial charge in [-0.3, -0.25) is 0 Å². The fraction of sp³-hybridized carbons (Fsp3) is 0.111. The molecule has 0 saturated heterocycles. The van der Waals surface area contributed by atoms with Crippen molar-refractivity contribution in [3.05, 3.63) is 181 Å². The van der Waals surface area contributed by atoms with Crippen LogP contribution in [0.15, 0.2) is 170 Å². The number of rotatable bonds is 10. The first-order valence-electron chi connectivity index (χ1n) is 16.7. The maximum absolute atomic E-state index is 2.38. The average molecular weight is 641 g/mol. The third-order valence-corrected chi connectivity index (χ3v) is 14.7. The summed E-state index contributed by atoms with van der Waals surface area (Å²) in [6, 6.07) is 63.4. The van der Waals surface area contributed by atoms with Crippen molar-refractivity contribution in [3.8, 4) is 0 Å². The van der Waals surface area contributed by atoms with Crippen molar-refractivity contribution in [2.75, 3.05) is 12.3 Å². The molecule has 0 aliphatic rings. The van der Waals surface area contributed by atoms with Gasteiger partial charge in [-0.2, -0.15) is 0 Å². The molecule has 2 heteroatoms. The first-order valence-corrected chi connectivity index (χ1v) is 20.1. The largest absolute Gasteiger partial charge is 0.0708 e. The van der Waals surface area contributed by atoms with E-state index in [1.54, 1.807) is 0 Å². The molecule has 2 atom stereocenters. The zero-order chi connectivity index (χ0) is 31.4. The summed E-state index contributed by atoms with van der Waals surface area (Å²) in [5.74, 6) is 0. The molecule has 0 N–H and O–H groups in total. The van der Waals surface area contributed by atoms with Crippen molar-refractivity contribution >= 4 is 69.5 Å². The maximum atomic E-state index is 2.38. The fourth-order valence-corrected chi connectivity index (χ4v) is 12.4. The highest BCUT2D eigenvalue weighted by molar-refractivity contribution is 7.66. The quantitative estimate of drug-likeness (QED) is 0.103. The molecule has 0 saturated carbocycles. The normalized spacial score (nSPS) is 12.9. The molecule has 8 aromatic carbocycles. The Balaban J connectivity index is 1.13. The molecule has 8 aromatic rings. The molecular weight excluding hydrogens is 602 g/mol. The van der Waals surface area contributed by atoms with E-state index >= 15 is 0 Å². The van der Waals surface area contributed by atoms with Crippen molar-refractivity contribution in [1.82, 2.24) is 0 Å². The van der Waals surface area contributed by atoms with Crippen LogP contribution in [0.2, 0.25) is 0 Å². The molecule has 0 heterocycles. The summed E-state index contributed by atoms with van der Waals surface area (Å²) in [5.41, 5.74) is 3.03. The summed E-state index contributed by atoms with van der Waals surface area (Å²) in [5, 5.41) is 14.0. The van der Waals surface area contributed by atoms with Crippen LogP contribution in [0, 0.1) is 0 Å². The molecule has 2 unspecified atom stereocenters. The Kier molecular flexibility index (Phi) is 8.81. The van der Waals surface area contributed by atoms with Gasteiger partial charge in [0.25, 0.3) is 0 Å². The Morgan fingerprint density at radius 1 is 0.319 bits per heavy atom. The van der Waals surface area contributed by atoms with E-state index in [9.17, 15) is 0 Å². The van der Waals surface area contributed by atoms with Crippen LogP contribution in [0.25, 0.3) is 43.1 Å². The molecule has 0 amide bonds. The lowest BCUT2D eigenvalue weighted by Crippen LogP contribution is -2.10. The van der Waals surface area contributed by atoms with Gasteiger partial charge in [0.1, 0.15) is 0 Å². The number of hydrogen-bond acceptors (Lipinski definition) is 0. The first kappa shape index (κ1) is 30.0. The van der Waals surface area contributed by atoms with Gasteiger partial charge in [0.2, 0.25) is 0 Å². The third kappa shape index (κ3) is 6.34. The monoisotopic (exact) mass is 640 g/mol. The highest BCUT2D eigenvalue weighted by atomic mass is 31.1. The minimum Gasteiger partial charge on any atom is -0.0708 e. The van der Waals surface area contributed by atoms with Gasteiger partial charge in [-0.05, 0) is 108 Å². The number of fused-ring (bicyclic) bond motifs is 4. The lowest BCUT2D eigenvalue weighted by atomic mass is 9.98. The van der Waals surface area contributed by atoms with Crippen LogP contribution in [-0.2, 0) is 12.3 Å². The minimum atomic E-state index is -0.383. The second-order valence-corrected chi connectivity index (χ2v) is 17.2. The number of benzene rings is 8. The van der Waals surface area contributed by atoms with Crippen molar-refractivity contribution < 1.29 is 0 Å². The van der Waals surface area contributed by atoms with E-state index in [0.29, 0.717) is 0 Å². The van der Waals surface area contributed by atoms with Crippen molar-refractivity contribution in [2.24, 2.45) is 0 Å². The average Bonchev–Trinajstić information content (AvgIpc) is 3.14. The topological polar surface area (TPSA) is 0 Å². The SMILES string of the molecule is c1ccc(P(CCCP(Cc2c3ccccc3cc3ccccc23)c2ccccc2)Cc2c3ccccc3cc3ccccc23)cc1. The summed E-state index contributed by atoms with van der Waals surface area (Å²) in [4.78, 5) is 0. The smallest absolute Gasteiger partial charge is 0.00205 e. The van der Waals surface area contributed by atoms with Crippen molar-refractivity contribution in [2.45, 2.75) is 18.7 Å². The van der Waals surface area contributed by atoms with E-state index in [1.165, 1.54) is 83.6 Å². The van der Waals surface area contributed by atoms with Crippen LogP contribution >= 0.6 is 15.8 Å². The Morgan fingerprint density at radius 3 is 0.957 bits per heavy atom. The van der Waals surface area contributed by atoms with Crippen molar-refractivity contribution in [1.29, 1.82) is 0 Å². The molecule has 0 aliphatic heterocycles. The van der Waals surface area contributed by atoms with Crippen LogP contribution in [0.5, 0.6) is 0 Å². The summed E-state index contributed by atoms with van der Waals surface area (Å²) in [6.45, 7) is 0. The van der Waals surface area contributed by atoms with Crippen LogP contribution in [0.3, 0.4) is 0 Å². The highest BCUT2D eigenvalue weighted by Gasteiger charge is 2.20. The van der Waals surface area contributed by atoms with Gasteiger partial charge in [0.15, 0.2) is 0 Å². The Bertz CT molecular complexity index is 2020. The second kappa shape index (κ2) is 13.8. The van der Waals surface area contributed by atoms with Crippen LogP contribution in [0.4, 0.5) is 0 Å². The van der Waals surface area contributed by atoms with E-state index < -0.39 is 0 Å². The van der Waals surface area contributed by atoms with Crippen LogP contribution in [0.1, 0.15) is 17.5 Å². The third-order valence-electron chi connectivity index (χ3n) is 9.56. The molecule has 0 bridgehead atoms. The standard InChI is InChI=1S/C45H38P2/c1-3-20-38(21-4-1)46(32-44-40-24-11-7-16-34(40)30-35-17-8-12-25-41(35)44)28-15-29-47(39-22-5-2-6-23-39)33-45-42-26-13-9-18-36(42)31-37-19-10-14-27-43(37)45/h1-14,16-27,30-31H,15,28-29,32-33H2. The van der Waals surface area contributed by atoms with Crippen LogP contribution in [-0.4, -0.2) is 12.3 Å². The van der Waals surface area contributed by atoms with Gasteiger partial charge in [-0.25, -0.2) is 0 Å². The summed E-state index contributed by atoms with van der Waals surface area (Å²) in [6.07, 6.45) is 5.92. The summed E-state index contributed by atoms with van der Waals surface area (Å²) in [7, 11) is -0.767. The lowest BCUT2D eigenvalue weighted by Gasteiger charge is -2.24. The van der Waals surface area contributed by atoms with Gasteiger partial charge in [-0.15, -0.1) is 0 Å². The lowest BCUT2D eigenvalue weighted by molar-refractivity contribution is 1.10. The maximum Gasteiger partial charge on any atom is -0.00205 e. The Labute approximate surface area is 280 Å². The zero-order valence-electron chi connectivity index (χ0n) is 26.6. The number of hydrogen-bond donors (Lipinski definition) is 0. The Hall–Kier alpha value is -4.34. The second-order valence-electron chi connectivity index (χ2n) is 12.5. The van der Waals surface area contributed by atoms with Gasteiger partial charge in [-0.1, -0.05) is 174 Å². The molecule has 228 valence electrons. The summed E-state index contributed by atoms with van der Waals surface area (Å²) >= 11 is 0. The van der Waals surface area contributed by atoms with E-state index in [4.69, 9.17) is 0 Å². The predicted molar refractivity (Wildman–Crippen MR) is 211 cm³/mol. The molecular formula is C45H38P2. The van der Waals surface area contributed by atoms with Gasteiger partial charge >= 0.3 is 0 Å². The molecule has 0 radical (unpaired) electrons. The molecule has 8 rings (SSSR count). The van der Waals surface area contributed by atoms with Gasteiger partial charge in [0.05, 0.1) is 0 Å². The molecule has 47 heavy (non-hydrogen) atoms. The predicted octanol–water partition coefficient (Wildman–Crippen LogP) is 12.0. The molecule has 0 fully saturated rings. The molecule has 0 aromatic heterocycles. The zero-order valence-corrected chi connectivity index (χ0v) is 28.4. The molecule has 0 nitrogen and oxygen atoms in total. The highest BCUT2D eigenvalue weighted by Crippen LogP contribution is 2.47. The Morgan fingerprint density at radius 2 is 0.617 bits per heavy atom. The first-order chi connectivity index (χ1) is 23.3. The van der Waals surface area contributed by atoms with E-state index in [1.807, 2.05) is 0 Å². The van der Waals surface area contributed by atoms with Gasteiger partial charge < -0.3 is 0 Å². The van der Waals surface area contributed by atoms with Crippen molar-refractivity contribution in [3.63, 3.8) is 0 Å². The molecule has 0 aliphatic carbocycles. The fourth-order valence-electron chi connectivity index (χ4n) is 7.27. The van der Waals surface area contributed by atoms with E-state index in [2.05, 4.69) is 170 Å². The van der Waals surface area contributed by atoms with Crippen LogP contribution < -0.4 is 10.6 Å². The van der Waals surface area contributed by atoms with Gasteiger partial charge in [0, 0.05) is 0 Å². The minimum absolute atomic E-state index is 0.383. The van der Waals surface area contributed by atoms with E-state index in [-0.39, 0.29) is 15.8 Å². The van der Waals surface area contributed by atoms with E-state index in [0.717, 1.165) is 12.3 Å². The molecule has 0 spiro atoms.